The second-order valence-electron chi connectivity index (χ2n) is 8.20. The van der Waals surface area contributed by atoms with Gasteiger partial charge >= 0.3 is 6.09 Å². The van der Waals surface area contributed by atoms with Gasteiger partial charge in [0, 0.05) is 37.5 Å². The topological polar surface area (TPSA) is 80.6 Å². The molecule has 0 saturated heterocycles. The van der Waals surface area contributed by atoms with Crippen LogP contribution in [-0.4, -0.2) is 39.4 Å². The van der Waals surface area contributed by atoms with Crippen LogP contribution in [0.3, 0.4) is 0 Å². The summed E-state index contributed by atoms with van der Waals surface area (Å²) in [6.45, 7) is 3.73. The van der Waals surface area contributed by atoms with Gasteiger partial charge in [0.05, 0.1) is 40.9 Å². The third-order valence-corrected chi connectivity index (χ3v) is 5.92. The van der Waals surface area contributed by atoms with E-state index >= 15 is 0 Å². The number of pyridine rings is 1. The van der Waals surface area contributed by atoms with Crippen LogP contribution in [0.15, 0.2) is 49.1 Å². The van der Waals surface area contributed by atoms with Crippen molar-refractivity contribution in [3.8, 4) is 16.9 Å². The molecule has 8 nitrogen and oxygen atoms in total. The van der Waals surface area contributed by atoms with Crippen LogP contribution in [0.1, 0.15) is 32.7 Å². The fraction of sp³-hybridized carbons (Fsp3) is 0.304. The first kappa shape index (κ1) is 20.5. The van der Waals surface area contributed by atoms with E-state index in [1.165, 1.54) is 25.4 Å². The van der Waals surface area contributed by atoms with Crippen LogP contribution in [0.25, 0.3) is 11.1 Å². The number of hydrogen-bond donors (Lipinski definition) is 0. The quantitative estimate of drug-likeness (QED) is 0.576. The van der Waals surface area contributed by atoms with E-state index in [9.17, 15) is 9.59 Å². The van der Waals surface area contributed by atoms with Crippen molar-refractivity contribution in [2.24, 2.45) is 0 Å². The molecule has 1 fully saturated rings. The minimum absolute atomic E-state index is 0.0832. The number of hydrogen-bond acceptors (Lipinski definition) is 5. The molecule has 0 unspecified atom stereocenters. The predicted octanol–water partition coefficient (Wildman–Crippen LogP) is 4.69. The third kappa shape index (κ3) is 3.82. The van der Waals surface area contributed by atoms with Crippen molar-refractivity contribution in [3.05, 3.63) is 54.1 Å². The van der Waals surface area contributed by atoms with Crippen LogP contribution in [0.4, 0.5) is 16.2 Å². The number of halogens is 1. The highest BCUT2D eigenvalue weighted by atomic mass is 35.5. The molecule has 3 heterocycles. The minimum Gasteiger partial charge on any atom is -0.408 e. The SMILES string of the molecule is CC(=O)N1c2ccc(-c3cnn(C4CC4)c3)cc2N(C(=O)Oc2cncc(Cl)c2)C[C@@H]1C. The molecule has 1 aliphatic carbocycles. The predicted molar refractivity (Wildman–Crippen MR) is 121 cm³/mol. The number of anilines is 2. The minimum atomic E-state index is -0.559. The number of rotatable bonds is 3. The molecule has 0 spiro atoms. The molecular formula is C23H22ClN5O3. The molecule has 1 aliphatic heterocycles. The molecule has 5 rings (SSSR count). The van der Waals surface area contributed by atoms with Gasteiger partial charge in [0.1, 0.15) is 0 Å². The average Bonchev–Trinajstić information content (AvgIpc) is 3.49. The van der Waals surface area contributed by atoms with E-state index in [0.717, 1.165) is 24.0 Å². The summed E-state index contributed by atoms with van der Waals surface area (Å²) in [6.07, 6.45) is 8.49. The number of nitrogens with zero attached hydrogens (tertiary/aromatic N) is 5. The molecule has 2 aromatic heterocycles. The van der Waals surface area contributed by atoms with Gasteiger partial charge in [0.15, 0.2) is 5.75 Å². The number of carbonyl (C=O) groups excluding carboxylic acids is 2. The van der Waals surface area contributed by atoms with Crippen LogP contribution in [0.2, 0.25) is 5.02 Å². The van der Waals surface area contributed by atoms with Crippen LogP contribution in [-0.2, 0) is 4.79 Å². The van der Waals surface area contributed by atoms with E-state index in [-0.39, 0.29) is 17.7 Å². The molecular weight excluding hydrogens is 430 g/mol. The van der Waals surface area contributed by atoms with Gasteiger partial charge in [-0.3, -0.25) is 19.4 Å². The molecule has 2 amide bonds. The number of aromatic nitrogens is 3. The Morgan fingerprint density at radius 3 is 2.62 bits per heavy atom. The Bertz CT molecular complexity index is 1210. The smallest absolute Gasteiger partial charge is 0.408 e. The van der Waals surface area contributed by atoms with E-state index in [4.69, 9.17) is 16.3 Å². The molecule has 1 aromatic carbocycles. The monoisotopic (exact) mass is 451 g/mol. The summed E-state index contributed by atoms with van der Waals surface area (Å²) in [4.78, 5) is 32.7. The van der Waals surface area contributed by atoms with E-state index in [1.54, 1.807) is 9.80 Å². The van der Waals surface area contributed by atoms with Gasteiger partial charge in [-0.15, -0.1) is 0 Å². The Labute approximate surface area is 190 Å². The average molecular weight is 452 g/mol. The van der Waals surface area contributed by atoms with E-state index in [0.29, 0.717) is 29.0 Å². The van der Waals surface area contributed by atoms with Gasteiger partial charge in [0.2, 0.25) is 5.91 Å². The Kier molecular flexibility index (Phi) is 5.09. The number of ether oxygens (including phenoxy) is 1. The lowest BCUT2D eigenvalue weighted by Crippen LogP contribution is -2.52. The summed E-state index contributed by atoms with van der Waals surface area (Å²) < 4.78 is 7.53. The third-order valence-electron chi connectivity index (χ3n) is 5.71. The van der Waals surface area contributed by atoms with Crippen molar-refractivity contribution in [1.82, 2.24) is 14.8 Å². The van der Waals surface area contributed by atoms with Crippen molar-refractivity contribution in [2.75, 3.05) is 16.3 Å². The van der Waals surface area contributed by atoms with Crippen molar-refractivity contribution in [2.45, 2.75) is 38.8 Å². The molecule has 0 N–H and O–H groups in total. The molecule has 2 aliphatic rings. The summed E-state index contributed by atoms with van der Waals surface area (Å²) in [5.41, 5.74) is 3.14. The maximum Gasteiger partial charge on any atom is 0.419 e. The zero-order valence-electron chi connectivity index (χ0n) is 17.7. The molecule has 32 heavy (non-hydrogen) atoms. The van der Waals surface area contributed by atoms with Crippen LogP contribution >= 0.6 is 11.6 Å². The largest absolute Gasteiger partial charge is 0.419 e. The Balaban J connectivity index is 1.52. The van der Waals surface area contributed by atoms with Crippen molar-refractivity contribution < 1.29 is 14.3 Å². The molecule has 0 bridgehead atoms. The molecule has 164 valence electrons. The molecule has 0 radical (unpaired) electrons. The fourth-order valence-corrected chi connectivity index (χ4v) is 4.25. The van der Waals surface area contributed by atoms with Gasteiger partial charge in [0.25, 0.3) is 0 Å². The van der Waals surface area contributed by atoms with E-state index < -0.39 is 6.09 Å². The molecule has 1 saturated carbocycles. The zero-order chi connectivity index (χ0) is 22.4. The molecule has 3 aromatic rings. The Hall–Kier alpha value is -3.39. The second-order valence-corrected chi connectivity index (χ2v) is 8.64. The lowest BCUT2D eigenvalue weighted by atomic mass is 10.0. The van der Waals surface area contributed by atoms with Gasteiger partial charge < -0.3 is 9.64 Å². The maximum atomic E-state index is 13.1. The number of fused-ring (bicyclic) bond motifs is 1. The number of amides is 2. The van der Waals surface area contributed by atoms with Crippen LogP contribution in [0.5, 0.6) is 5.75 Å². The van der Waals surface area contributed by atoms with Crippen molar-refractivity contribution in [1.29, 1.82) is 0 Å². The summed E-state index contributed by atoms with van der Waals surface area (Å²) in [7, 11) is 0. The maximum absolute atomic E-state index is 13.1. The zero-order valence-corrected chi connectivity index (χ0v) is 18.5. The molecule has 1 atom stereocenters. The first-order chi connectivity index (χ1) is 15.4. The summed E-state index contributed by atoms with van der Waals surface area (Å²) in [6, 6.07) is 7.53. The summed E-state index contributed by atoms with van der Waals surface area (Å²) in [5.74, 6) is 0.174. The summed E-state index contributed by atoms with van der Waals surface area (Å²) >= 11 is 5.97. The highest BCUT2D eigenvalue weighted by Gasteiger charge is 2.35. The van der Waals surface area contributed by atoms with E-state index in [2.05, 4.69) is 10.1 Å². The number of benzene rings is 1. The van der Waals surface area contributed by atoms with Gasteiger partial charge in [-0.2, -0.15) is 5.10 Å². The number of carbonyl (C=O) groups is 2. The van der Waals surface area contributed by atoms with Crippen molar-refractivity contribution in [3.63, 3.8) is 0 Å². The summed E-state index contributed by atoms with van der Waals surface area (Å²) in [5, 5.41) is 4.84. The van der Waals surface area contributed by atoms with Gasteiger partial charge in [-0.25, -0.2) is 4.79 Å². The Morgan fingerprint density at radius 1 is 1.09 bits per heavy atom. The van der Waals surface area contributed by atoms with Gasteiger partial charge in [-0.05, 0) is 37.5 Å². The van der Waals surface area contributed by atoms with E-state index in [1.807, 2.05) is 42.2 Å². The lowest BCUT2D eigenvalue weighted by Gasteiger charge is -2.40. The van der Waals surface area contributed by atoms with Gasteiger partial charge in [-0.1, -0.05) is 17.7 Å². The normalized spacial score (nSPS) is 17.8. The first-order valence-corrected chi connectivity index (χ1v) is 10.9. The van der Waals surface area contributed by atoms with Crippen LogP contribution < -0.4 is 14.5 Å². The Morgan fingerprint density at radius 2 is 1.91 bits per heavy atom. The highest BCUT2D eigenvalue weighted by Crippen LogP contribution is 2.40. The molecule has 9 heteroatoms. The standard InChI is InChI=1S/C23H22ClN5O3/c1-14-12-27(23(31)32-20-8-18(24)10-25-11-20)22-7-16(3-6-21(22)29(14)15(2)30)17-9-26-28(13-17)19-4-5-19/h3,6-11,13-14,19H,4-5,12H2,1-2H3/t14-/m0/s1. The highest BCUT2D eigenvalue weighted by molar-refractivity contribution is 6.30. The van der Waals surface area contributed by atoms with Crippen LogP contribution in [0, 0.1) is 0 Å². The first-order valence-electron chi connectivity index (χ1n) is 10.5. The lowest BCUT2D eigenvalue weighted by molar-refractivity contribution is -0.117. The second kappa shape index (κ2) is 7.94. The van der Waals surface area contributed by atoms with Crippen molar-refractivity contribution >= 4 is 35.0 Å². The fourth-order valence-electron chi connectivity index (χ4n) is 4.09.